The highest BCUT2D eigenvalue weighted by Gasteiger charge is 2.15. The van der Waals surface area contributed by atoms with Gasteiger partial charge < -0.3 is 19.5 Å². The summed E-state index contributed by atoms with van der Waals surface area (Å²) in [5, 5.41) is 4.10. The second-order valence-electron chi connectivity index (χ2n) is 5.46. The van der Waals surface area contributed by atoms with Crippen LogP contribution in [0.2, 0.25) is 5.02 Å². The van der Waals surface area contributed by atoms with E-state index < -0.39 is 0 Å². The minimum atomic E-state index is 0.378. The van der Waals surface area contributed by atoms with Crippen LogP contribution >= 0.6 is 27.5 Å². The summed E-state index contributed by atoms with van der Waals surface area (Å²) in [4.78, 5) is 0. The number of methoxy groups -OCH3 is 2. The van der Waals surface area contributed by atoms with Gasteiger partial charge in [0.2, 0.25) is 0 Å². The topological polar surface area (TPSA) is 39.7 Å². The predicted octanol–water partition coefficient (Wildman–Crippen LogP) is 4.82. The smallest absolute Gasteiger partial charge is 0.167 e. The second-order valence-corrected chi connectivity index (χ2v) is 6.72. The van der Waals surface area contributed by atoms with Gasteiger partial charge in [0.05, 0.1) is 7.11 Å². The van der Waals surface area contributed by atoms with Gasteiger partial charge in [-0.05, 0) is 31.2 Å². The van der Waals surface area contributed by atoms with E-state index in [2.05, 4.69) is 21.2 Å². The lowest BCUT2D eigenvalue weighted by atomic mass is 10.1. The molecule has 0 aliphatic rings. The quantitative estimate of drug-likeness (QED) is 0.551. The van der Waals surface area contributed by atoms with Gasteiger partial charge in [-0.15, -0.1) is 0 Å². The molecule has 0 unspecified atom stereocenters. The van der Waals surface area contributed by atoms with E-state index in [0.29, 0.717) is 23.9 Å². The SMILES string of the molecule is COCCCNCc1c(Br)ccc(OC)c1OCc1ccccc1Cl. The molecule has 2 aromatic rings. The number of rotatable bonds is 10. The van der Waals surface area contributed by atoms with Gasteiger partial charge in [-0.3, -0.25) is 0 Å². The van der Waals surface area contributed by atoms with Crippen LogP contribution in [0, 0.1) is 0 Å². The molecule has 0 saturated heterocycles. The van der Waals surface area contributed by atoms with Crippen LogP contribution in [0.5, 0.6) is 11.5 Å². The minimum absolute atomic E-state index is 0.378. The third-order valence-corrected chi connectivity index (χ3v) is 4.83. The normalized spacial score (nSPS) is 10.7. The predicted molar refractivity (Wildman–Crippen MR) is 105 cm³/mol. The fourth-order valence-corrected chi connectivity index (χ4v) is 3.03. The molecule has 0 aromatic heterocycles. The summed E-state index contributed by atoms with van der Waals surface area (Å²) in [5.74, 6) is 1.42. The molecule has 25 heavy (non-hydrogen) atoms. The fraction of sp³-hybridized carbons (Fsp3) is 0.368. The van der Waals surface area contributed by atoms with Crippen LogP contribution in [-0.4, -0.2) is 27.4 Å². The van der Waals surface area contributed by atoms with Gasteiger partial charge in [-0.25, -0.2) is 0 Å². The highest BCUT2D eigenvalue weighted by molar-refractivity contribution is 9.10. The molecule has 2 rings (SSSR count). The molecule has 0 bridgehead atoms. The van der Waals surface area contributed by atoms with Crippen LogP contribution in [0.4, 0.5) is 0 Å². The maximum atomic E-state index is 6.22. The van der Waals surface area contributed by atoms with Gasteiger partial charge in [0, 0.05) is 40.9 Å². The molecular weight excluding hydrogens is 406 g/mol. The van der Waals surface area contributed by atoms with Crippen molar-refractivity contribution in [3.8, 4) is 11.5 Å². The zero-order chi connectivity index (χ0) is 18.1. The van der Waals surface area contributed by atoms with Crippen molar-refractivity contribution < 1.29 is 14.2 Å². The fourth-order valence-electron chi connectivity index (χ4n) is 2.39. The van der Waals surface area contributed by atoms with Gasteiger partial charge in [0.1, 0.15) is 6.61 Å². The molecule has 2 aromatic carbocycles. The Morgan fingerprint density at radius 1 is 1.12 bits per heavy atom. The molecule has 0 amide bonds. The number of benzene rings is 2. The molecule has 1 N–H and O–H groups in total. The molecule has 0 saturated carbocycles. The molecule has 136 valence electrons. The van der Waals surface area contributed by atoms with Crippen molar-refractivity contribution in [1.29, 1.82) is 0 Å². The zero-order valence-corrected chi connectivity index (χ0v) is 16.8. The van der Waals surface area contributed by atoms with Gasteiger partial charge in [-0.1, -0.05) is 45.7 Å². The Bertz CT molecular complexity index is 682. The Labute approximate surface area is 162 Å². The van der Waals surface area contributed by atoms with E-state index in [1.165, 1.54) is 0 Å². The molecular formula is C19H23BrClNO3. The Kier molecular flexibility index (Phi) is 8.55. The van der Waals surface area contributed by atoms with Crippen molar-refractivity contribution in [3.05, 3.63) is 57.0 Å². The van der Waals surface area contributed by atoms with E-state index in [0.717, 1.165) is 40.9 Å². The van der Waals surface area contributed by atoms with Crippen molar-refractivity contribution in [3.63, 3.8) is 0 Å². The maximum absolute atomic E-state index is 6.22. The number of nitrogens with one attached hydrogen (secondary N) is 1. The van der Waals surface area contributed by atoms with Crippen LogP contribution in [0.3, 0.4) is 0 Å². The maximum Gasteiger partial charge on any atom is 0.167 e. The Hall–Kier alpha value is -1.27. The highest BCUT2D eigenvalue weighted by atomic mass is 79.9. The Balaban J connectivity index is 2.13. The molecule has 0 aliphatic heterocycles. The van der Waals surface area contributed by atoms with Crippen LogP contribution in [-0.2, 0) is 17.9 Å². The van der Waals surface area contributed by atoms with Crippen LogP contribution in [0.1, 0.15) is 17.5 Å². The van der Waals surface area contributed by atoms with Crippen LogP contribution in [0.15, 0.2) is 40.9 Å². The third-order valence-electron chi connectivity index (χ3n) is 3.72. The number of hydrogen-bond donors (Lipinski definition) is 1. The lowest BCUT2D eigenvalue weighted by molar-refractivity contribution is 0.194. The second kappa shape index (κ2) is 10.7. The lowest BCUT2D eigenvalue weighted by Crippen LogP contribution is -2.17. The van der Waals surface area contributed by atoms with Gasteiger partial charge >= 0.3 is 0 Å². The number of halogens is 2. The number of hydrogen-bond acceptors (Lipinski definition) is 4. The van der Waals surface area contributed by atoms with Crippen molar-refractivity contribution in [2.45, 2.75) is 19.6 Å². The minimum Gasteiger partial charge on any atom is -0.493 e. The summed E-state index contributed by atoms with van der Waals surface area (Å²) in [5.41, 5.74) is 1.95. The molecule has 6 heteroatoms. The van der Waals surface area contributed by atoms with Gasteiger partial charge in [0.25, 0.3) is 0 Å². The summed E-state index contributed by atoms with van der Waals surface area (Å²) >= 11 is 9.83. The van der Waals surface area contributed by atoms with Crippen molar-refractivity contribution in [2.24, 2.45) is 0 Å². The van der Waals surface area contributed by atoms with E-state index in [9.17, 15) is 0 Å². The first-order valence-corrected chi connectivity index (χ1v) is 9.25. The largest absolute Gasteiger partial charge is 0.493 e. The molecule has 0 spiro atoms. The molecule has 0 aliphatic carbocycles. The summed E-state index contributed by atoms with van der Waals surface area (Å²) in [6.07, 6.45) is 0.952. The first-order chi connectivity index (χ1) is 12.2. The highest BCUT2D eigenvalue weighted by Crippen LogP contribution is 2.37. The van der Waals surface area contributed by atoms with E-state index >= 15 is 0 Å². The average Bonchev–Trinajstić information content (AvgIpc) is 2.62. The molecule has 0 fully saturated rings. The number of ether oxygens (including phenoxy) is 3. The monoisotopic (exact) mass is 427 g/mol. The van der Waals surface area contributed by atoms with Crippen molar-refractivity contribution in [2.75, 3.05) is 27.4 Å². The Morgan fingerprint density at radius 2 is 1.92 bits per heavy atom. The molecule has 0 heterocycles. The standard InChI is InChI=1S/C19H23BrClNO3/c1-23-11-5-10-22-12-15-16(20)8-9-18(24-2)19(15)25-13-14-6-3-4-7-17(14)21/h3-4,6-9,22H,5,10-13H2,1-2H3. The van der Waals surface area contributed by atoms with Gasteiger partial charge in [0.15, 0.2) is 11.5 Å². The summed E-state index contributed by atoms with van der Waals surface area (Å²) in [6, 6.07) is 11.5. The summed E-state index contributed by atoms with van der Waals surface area (Å²) in [7, 11) is 3.35. The molecule has 0 atom stereocenters. The summed E-state index contributed by atoms with van der Waals surface area (Å²) in [6.45, 7) is 2.64. The van der Waals surface area contributed by atoms with Gasteiger partial charge in [-0.2, -0.15) is 0 Å². The Morgan fingerprint density at radius 3 is 2.64 bits per heavy atom. The van der Waals surface area contributed by atoms with Crippen molar-refractivity contribution in [1.82, 2.24) is 5.32 Å². The van der Waals surface area contributed by atoms with Crippen LogP contribution < -0.4 is 14.8 Å². The average molecular weight is 429 g/mol. The molecule has 4 nitrogen and oxygen atoms in total. The van der Waals surface area contributed by atoms with Crippen LogP contribution in [0.25, 0.3) is 0 Å². The molecule has 0 radical (unpaired) electrons. The first kappa shape index (κ1) is 20.0. The first-order valence-electron chi connectivity index (χ1n) is 8.08. The van der Waals surface area contributed by atoms with E-state index in [1.807, 2.05) is 36.4 Å². The van der Waals surface area contributed by atoms with Crippen molar-refractivity contribution >= 4 is 27.5 Å². The van der Waals surface area contributed by atoms with E-state index in [-0.39, 0.29) is 0 Å². The van der Waals surface area contributed by atoms with E-state index in [4.69, 9.17) is 25.8 Å². The zero-order valence-electron chi connectivity index (χ0n) is 14.5. The van der Waals surface area contributed by atoms with E-state index in [1.54, 1.807) is 14.2 Å². The third kappa shape index (κ3) is 5.89. The summed E-state index contributed by atoms with van der Waals surface area (Å²) < 4.78 is 17.6. The lowest BCUT2D eigenvalue weighted by Gasteiger charge is -2.17.